The number of amides is 1. The van der Waals surface area contributed by atoms with Crippen LogP contribution in [0.4, 0.5) is 0 Å². The smallest absolute Gasteiger partial charge is 0.254 e. The molecule has 0 radical (unpaired) electrons. The predicted molar refractivity (Wildman–Crippen MR) is 40.1 cm³/mol. The zero-order chi connectivity index (χ0) is 7.84. The first-order chi connectivity index (χ1) is 5.29. The molecule has 1 amide bonds. The van der Waals surface area contributed by atoms with Crippen LogP contribution in [0.2, 0.25) is 0 Å². The van der Waals surface area contributed by atoms with Crippen molar-refractivity contribution in [1.29, 1.82) is 0 Å². The quantitative estimate of drug-likeness (QED) is 0.513. The van der Waals surface area contributed by atoms with Crippen LogP contribution in [0.1, 0.15) is 19.8 Å². The first-order valence-corrected chi connectivity index (χ1v) is 4.23. The van der Waals surface area contributed by atoms with Gasteiger partial charge in [0.05, 0.1) is 6.10 Å². The highest BCUT2D eigenvalue weighted by molar-refractivity contribution is 5.83. The molecule has 0 unspecified atom stereocenters. The van der Waals surface area contributed by atoms with Crippen molar-refractivity contribution in [2.24, 2.45) is 0 Å². The molecule has 0 aromatic rings. The molecule has 0 saturated carbocycles. The van der Waals surface area contributed by atoms with Gasteiger partial charge in [0.1, 0.15) is 0 Å². The Hall–Kier alpha value is -0.570. The van der Waals surface area contributed by atoms with E-state index in [1.54, 1.807) is 0 Å². The normalized spacial score (nSPS) is 35.9. The maximum atomic E-state index is 11.4. The van der Waals surface area contributed by atoms with Crippen LogP contribution >= 0.6 is 0 Å². The lowest BCUT2D eigenvalue weighted by atomic mass is 10.3. The zero-order valence-electron chi connectivity index (χ0n) is 6.75. The third-order valence-electron chi connectivity index (χ3n) is 2.37. The van der Waals surface area contributed by atoms with Gasteiger partial charge in [0.25, 0.3) is 5.91 Å². The molecular formula is C8H13NO2. The second kappa shape index (κ2) is 2.48. The van der Waals surface area contributed by atoms with E-state index in [0.29, 0.717) is 0 Å². The largest absolute Gasteiger partial charge is 0.359 e. The number of epoxide rings is 1. The van der Waals surface area contributed by atoms with E-state index >= 15 is 0 Å². The van der Waals surface area contributed by atoms with Crippen molar-refractivity contribution in [2.75, 3.05) is 13.1 Å². The molecule has 3 heteroatoms. The summed E-state index contributed by atoms with van der Waals surface area (Å²) in [4.78, 5) is 13.3. The summed E-state index contributed by atoms with van der Waals surface area (Å²) in [7, 11) is 0. The Morgan fingerprint density at radius 1 is 1.45 bits per heavy atom. The van der Waals surface area contributed by atoms with Gasteiger partial charge in [0, 0.05) is 13.1 Å². The zero-order valence-corrected chi connectivity index (χ0v) is 6.75. The summed E-state index contributed by atoms with van der Waals surface area (Å²) in [5.41, 5.74) is 0. The fraction of sp³-hybridized carbons (Fsp3) is 0.875. The Kier molecular flexibility index (Phi) is 1.60. The van der Waals surface area contributed by atoms with Crippen molar-refractivity contribution in [3.8, 4) is 0 Å². The van der Waals surface area contributed by atoms with Crippen LogP contribution in [0.3, 0.4) is 0 Å². The van der Waals surface area contributed by atoms with Gasteiger partial charge in [-0.2, -0.15) is 0 Å². The number of hydrogen-bond acceptors (Lipinski definition) is 2. The summed E-state index contributed by atoms with van der Waals surface area (Å²) in [6, 6.07) is 0. The minimum Gasteiger partial charge on any atom is -0.359 e. The molecule has 2 atom stereocenters. The minimum absolute atomic E-state index is 0.104. The van der Waals surface area contributed by atoms with Crippen LogP contribution in [-0.2, 0) is 9.53 Å². The Morgan fingerprint density at radius 3 is 2.45 bits per heavy atom. The molecule has 2 rings (SSSR count). The number of carbonyl (C=O) groups is 1. The SMILES string of the molecule is C[C@@H]1O[C@H]1C(=O)N1CCCC1. The summed E-state index contributed by atoms with van der Waals surface area (Å²) in [6.07, 6.45) is 2.39. The van der Waals surface area contributed by atoms with E-state index in [4.69, 9.17) is 4.74 Å². The monoisotopic (exact) mass is 155 g/mol. The molecule has 2 saturated heterocycles. The summed E-state index contributed by atoms with van der Waals surface area (Å²) < 4.78 is 5.10. The Labute approximate surface area is 66.3 Å². The summed E-state index contributed by atoms with van der Waals surface area (Å²) >= 11 is 0. The van der Waals surface area contributed by atoms with Gasteiger partial charge in [-0.15, -0.1) is 0 Å². The van der Waals surface area contributed by atoms with Crippen LogP contribution in [0.15, 0.2) is 0 Å². The second-order valence-corrected chi connectivity index (χ2v) is 3.29. The van der Waals surface area contributed by atoms with E-state index in [1.165, 1.54) is 0 Å². The third-order valence-corrected chi connectivity index (χ3v) is 2.37. The summed E-state index contributed by atoms with van der Waals surface area (Å²) in [6.45, 7) is 3.81. The molecule has 0 bridgehead atoms. The van der Waals surface area contributed by atoms with Crippen LogP contribution in [0.5, 0.6) is 0 Å². The van der Waals surface area contributed by atoms with Crippen molar-refractivity contribution >= 4 is 5.91 Å². The fourth-order valence-corrected chi connectivity index (χ4v) is 1.56. The van der Waals surface area contributed by atoms with Gasteiger partial charge in [-0.05, 0) is 19.8 Å². The van der Waals surface area contributed by atoms with Crippen LogP contribution < -0.4 is 0 Å². The minimum atomic E-state index is -0.104. The molecule has 2 aliphatic rings. The number of likely N-dealkylation sites (tertiary alicyclic amines) is 1. The summed E-state index contributed by atoms with van der Waals surface area (Å²) in [5.74, 6) is 0.204. The highest BCUT2D eigenvalue weighted by atomic mass is 16.6. The average Bonchev–Trinajstić information content (AvgIpc) is 2.56. The fourth-order valence-electron chi connectivity index (χ4n) is 1.56. The predicted octanol–water partition coefficient (Wildman–Crippen LogP) is 0.396. The van der Waals surface area contributed by atoms with Crippen molar-refractivity contribution in [1.82, 2.24) is 4.90 Å². The standard InChI is InChI=1S/C8H13NO2/c1-6-7(11-6)8(10)9-4-2-3-5-9/h6-7H,2-5H2,1H3/t6-,7+/m0/s1. The molecule has 3 nitrogen and oxygen atoms in total. The van der Waals surface area contributed by atoms with E-state index in [2.05, 4.69) is 0 Å². The van der Waals surface area contributed by atoms with Gasteiger partial charge in [0.2, 0.25) is 0 Å². The number of hydrogen-bond donors (Lipinski definition) is 0. The Morgan fingerprint density at radius 2 is 2.00 bits per heavy atom. The number of carbonyl (C=O) groups excluding carboxylic acids is 1. The van der Waals surface area contributed by atoms with E-state index < -0.39 is 0 Å². The van der Waals surface area contributed by atoms with E-state index in [0.717, 1.165) is 25.9 Å². The molecule has 0 aromatic carbocycles. The second-order valence-electron chi connectivity index (χ2n) is 3.29. The van der Waals surface area contributed by atoms with Crippen molar-refractivity contribution in [2.45, 2.75) is 32.0 Å². The van der Waals surface area contributed by atoms with Gasteiger partial charge < -0.3 is 9.64 Å². The highest BCUT2D eigenvalue weighted by Gasteiger charge is 2.43. The molecule has 62 valence electrons. The molecule has 2 aliphatic heterocycles. The van der Waals surface area contributed by atoms with Gasteiger partial charge in [0.15, 0.2) is 6.10 Å². The Bertz CT molecular complexity index is 175. The lowest BCUT2D eigenvalue weighted by Crippen LogP contribution is -2.32. The maximum absolute atomic E-state index is 11.4. The molecule has 0 aliphatic carbocycles. The first-order valence-electron chi connectivity index (χ1n) is 4.23. The number of rotatable bonds is 1. The van der Waals surface area contributed by atoms with Gasteiger partial charge in [-0.25, -0.2) is 0 Å². The van der Waals surface area contributed by atoms with Crippen LogP contribution in [-0.4, -0.2) is 36.1 Å². The van der Waals surface area contributed by atoms with Crippen molar-refractivity contribution in [3.63, 3.8) is 0 Å². The molecule has 0 aromatic heterocycles. The lowest BCUT2D eigenvalue weighted by Gasteiger charge is -2.12. The van der Waals surface area contributed by atoms with E-state index in [1.807, 2.05) is 11.8 Å². The third kappa shape index (κ3) is 1.25. The van der Waals surface area contributed by atoms with Crippen molar-refractivity contribution < 1.29 is 9.53 Å². The van der Waals surface area contributed by atoms with E-state index in [9.17, 15) is 4.79 Å². The molecule has 11 heavy (non-hydrogen) atoms. The Balaban J connectivity index is 1.89. The molecule has 0 N–H and O–H groups in total. The lowest BCUT2D eigenvalue weighted by molar-refractivity contribution is -0.131. The van der Waals surface area contributed by atoms with E-state index in [-0.39, 0.29) is 18.1 Å². The summed E-state index contributed by atoms with van der Waals surface area (Å²) in [5, 5.41) is 0. The van der Waals surface area contributed by atoms with Gasteiger partial charge in [-0.3, -0.25) is 4.79 Å². The highest BCUT2D eigenvalue weighted by Crippen LogP contribution is 2.24. The number of nitrogens with zero attached hydrogens (tertiary/aromatic N) is 1. The molecule has 2 heterocycles. The molecule has 2 fully saturated rings. The molecule has 0 spiro atoms. The number of ether oxygens (including phenoxy) is 1. The first kappa shape index (κ1) is 7.10. The average molecular weight is 155 g/mol. The van der Waals surface area contributed by atoms with Crippen LogP contribution in [0.25, 0.3) is 0 Å². The maximum Gasteiger partial charge on any atom is 0.254 e. The van der Waals surface area contributed by atoms with Crippen molar-refractivity contribution in [3.05, 3.63) is 0 Å². The van der Waals surface area contributed by atoms with Gasteiger partial charge >= 0.3 is 0 Å². The van der Waals surface area contributed by atoms with Gasteiger partial charge in [-0.1, -0.05) is 0 Å². The topological polar surface area (TPSA) is 32.8 Å². The molecular weight excluding hydrogens is 142 g/mol. The van der Waals surface area contributed by atoms with Crippen LogP contribution in [0, 0.1) is 0 Å².